The highest BCUT2D eigenvalue weighted by Gasteiger charge is 2.42. The first kappa shape index (κ1) is 23.2. The molecule has 0 saturated carbocycles. The molecular weight excluding hydrogens is 454 g/mol. The minimum atomic E-state index is -0.357. The van der Waals surface area contributed by atoms with Crippen LogP contribution in [0.1, 0.15) is 37.3 Å². The van der Waals surface area contributed by atoms with Crippen molar-refractivity contribution < 1.29 is 14.4 Å². The second-order valence-corrected chi connectivity index (χ2v) is 9.70. The maximum absolute atomic E-state index is 13.5. The van der Waals surface area contributed by atoms with Crippen molar-refractivity contribution in [3.05, 3.63) is 64.6 Å². The fourth-order valence-corrected chi connectivity index (χ4v) is 5.28. The van der Waals surface area contributed by atoms with Crippen molar-refractivity contribution in [1.82, 2.24) is 4.90 Å². The number of nitrogens with one attached hydrogen (secondary N) is 1. The van der Waals surface area contributed by atoms with Gasteiger partial charge < -0.3 is 5.32 Å². The highest BCUT2D eigenvalue weighted by Crippen LogP contribution is 2.44. The number of hydrogen-bond acceptors (Lipinski definition) is 5. The van der Waals surface area contributed by atoms with Crippen LogP contribution in [-0.4, -0.2) is 40.0 Å². The van der Waals surface area contributed by atoms with Crippen molar-refractivity contribution in [3.63, 3.8) is 0 Å². The summed E-state index contributed by atoms with van der Waals surface area (Å²) in [4.78, 5) is 42.7. The summed E-state index contributed by atoms with van der Waals surface area (Å²) in [6, 6.07) is 14.7. The molecule has 3 amide bonds. The molecule has 1 saturated heterocycles. The molecule has 8 heteroatoms. The van der Waals surface area contributed by atoms with Gasteiger partial charge in [-0.05, 0) is 31.5 Å². The molecule has 1 N–H and O–H groups in total. The predicted molar refractivity (Wildman–Crippen MR) is 137 cm³/mol. The smallest absolute Gasteiger partial charge is 0.267 e. The average molecular weight is 480 g/mol. The Labute approximate surface area is 203 Å². The van der Waals surface area contributed by atoms with Crippen LogP contribution in [0.5, 0.6) is 0 Å². The second-order valence-electron chi connectivity index (χ2n) is 8.06. The lowest BCUT2D eigenvalue weighted by atomic mass is 10.1. The molecule has 0 bridgehead atoms. The zero-order valence-electron chi connectivity index (χ0n) is 18.6. The second kappa shape index (κ2) is 9.89. The molecule has 0 spiro atoms. The Morgan fingerprint density at radius 3 is 2.45 bits per heavy atom. The Kier molecular flexibility index (Phi) is 6.95. The monoisotopic (exact) mass is 479 g/mol. The summed E-state index contributed by atoms with van der Waals surface area (Å²) in [7, 11) is 0. The largest absolute Gasteiger partial charge is 0.325 e. The number of thioether (sulfide) groups is 1. The molecule has 0 aliphatic carbocycles. The average Bonchev–Trinajstić information content (AvgIpc) is 3.23. The van der Waals surface area contributed by atoms with Gasteiger partial charge in [0, 0.05) is 17.8 Å². The maximum Gasteiger partial charge on any atom is 0.267 e. The normalized spacial score (nSPS) is 17.7. The molecule has 4 rings (SSSR count). The molecule has 0 aromatic heterocycles. The van der Waals surface area contributed by atoms with Crippen LogP contribution in [0.25, 0.3) is 5.57 Å². The lowest BCUT2D eigenvalue weighted by Crippen LogP contribution is -2.35. The van der Waals surface area contributed by atoms with E-state index in [0.717, 1.165) is 24.8 Å². The minimum absolute atomic E-state index is 0.149. The Morgan fingerprint density at radius 1 is 1.00 bits per heavy atom. The zero-order valence-corrected chi connectivity index (χ0v) is 20.2. The summed E-state index contributed by atoms with van der Waals surface area (Å²) < 4.78 is 0.472. The number of para-hydroxylation sites is 1. The van der Waals surface area contributed by atoms with E-state index < -0.39 is 0 Å². The number of carbonyl (C=O) groups is 3. The van der Waals surface area contributed by atoms with Gasteiger partial charge >= 0.3 is 0 Å². The SMILES string of the molecule is CCCCCN1C(=O)/C(=C2\C(=O)N(CC(=O)Nc3ccc(C)cc3)c3ccccc32)SC1=S. The molecule has 0 atom stereocenters. The van der Waals surface area contributed by atoms with E-state index in [9.17, 15) is 14.4 Å². The Balaban J connectivity index is 1.59. The van der Waals surface area contributed by atoms with Gasteiger partial charge in [0.1, 0.15) is 10.9 Å². The lowest BCUT2D eigenvalue weighted by molar-refractivity contribution is -0.122. The molecule has 2 aliphatic heterocycles. The number of amides is 3. The van der Waals surface area contributed by atoms with Crippen molar-refractivity contribution in [2.24, 2.45) is 0 Å². The molecule has 0 unspecified atom stereocenters. The number of thiocarbonyl (C=S) groups is 1. The van der Waals surface area contributed by atoms with E-state index in [1.165, 1.54) is 16.7 Å². The van der Waals surface area contributed by atoms with Crippen LogP contribution in [0.3, 0.4) is 0 Å². The van der Waals surface area contributed by atoms with E-state index in [1.54, 1.807) is 11.0 Å². The molecule has 2 aliphatic rings. The zero-order chi connectivity index (χ0) is 23.5. The summed E-state index contributed by atoms with van der Waals surface area (Å²) in [6.45, 7) is 4.47. The van der Waals surface area contributed by atoms with Gasteiger partial charge in [0.05, 0.1) is 16.2 Å². The maximum atomic E-state index is 13.5. The standard InChI is InChI=1S/C25H25N3O3S2/c1-3-4-7-14-27-24(31)22(33-25(27)32)21-18-8-5-6-9-19(18)28(23(21)30)15-20(29)26-17-12-10-16(2)11-13-17/h5-6,8-13H,3-4,7,14-15H2,1-2H3,(H,26,29)/b22-21+. The summed E-state index contributed by atoms with van der Waals surface area (Å²) in [5.74, 6) is -0.898. The molecule has 1 fully saturated rings. The number of nitrogens with zero attached hydrogens (tertiary/aromatic N) is 2. The van der Waals surface area contributed by atoms with Crippen molar-refractivity contribution in [1.29, 1.82) is 0 Å². The Morgan fingerprint density at radius 2 is 1.73 bits per heavy atom. The van der Waals surface area contributed by atoms with E-state index in [-0.39, 0.29) is 24.3 Å². The molecule has 2 aromatic rings. The van der Waals surface area contributed by atoms with Crippen molar-refractivity contribution >= 4 is 63.0 Å². The van der Waals surface area contributed by atoms with Gasteiger partial charge in [0.25, 0.3) is 11.8 Å². The first-order chi connectivity index (χ1) is 15.9. The van der Waals surface area contributed by atoms with E-state index in [0.29, 0.717) is 38.3 Å². The Bertz CT molecular complexity index is 1160. The van der Waals surface area contributed by atoms with E-state index >= 15 is 0 Å². The fraction of sp³-hybridized carbons (Fsp3) is 0.280. The summed E-state index contributed by atoms with van der Waals surface area (Å²) >= 11 is 6.61. The Hall–Kier alpha value is -2.97. The number of rotatable bonds is 7. The van der Waals surface area contributed by atoms with Gasteiger partial charge in [-0.15, -0.1) is 0 Å². The fourth-order valence-electron chi connectivity index (χ4n) is 3.90. The number of unbranched alkanes of at least 4 members (excludes halogenated alkanes) is 2. The number of anilines is 2. The van der Waals surface area contributed by atoms with Gasteiger partial charge in [-0.3, -0.25) is 24.2 Å². The number of benzene rings is 2. The highest BCUT2D eigenvalue weighted by atomic mass is 32.2. The molecule has 2 heterocycles. The van der Waals surface area contributed by atoms with E-state index in [1.807, 2.05) is 49.4 Å². The third-order valence-corrected chi connectivity index (χ3v) is 7.07. The van der Waals surface area contributed by atoms with Gasteiger partial charge in [-0.1, -0.05) is 79.6 Å². The van der Waals surface area contributed by atoms with Crippen LogP contribution in [0, 0.1) is 6.92 Å². The van der Waals surface area contributed by atoms with Crippen LogP contribution < -0.4 is 10.2 Å². The van der Waals surface area contributed by atoms with E-state index in [2.05, 4.69) is 12.2 Å². The number of aryl methyl sites for hydroxylation is 1. The molecule has 0 radical (unpaired) electrons. The topological polar surface area (TPSA) is 69.7 Å². The van der Waals surface area contributed by atoms with Crippen LogP contribution in [0.4, 0.5) is 11.4 Å². The lowest BCUT2D eigenvalue weighted by Gasteiger charge is -2.17. The van der Waals surface area contributed by atoms with Crippen LogP contribution in [0.15, 0.2) is 53.4 Å². The van der Waals surface area contributed by atoms with Gasteiger partial charge in [0.15, 0.2) is 0 Å². The quantitative estimate of drug-likeness (QED) is 0.353. The third kappa shape index (κ3) is 4.72. The van der Waals surface area contributed by atoms with Crippen LogP contribution in [-0.2, 0) is 14.4 Å². The van der Waals surface area contributed by atoms with Crippen molar-refractivity contribution in [3.8, 4) is 0 Å². The highest BCUT2D eigenvalue weighted by molar-refractivity contribution is 8.26. The van der Waals surface area contributed by atoms with Crippen LogP contribution in [0.2, 0.25) is 0 Å². The molecule has 170 valence electrons. The van der Waals surface area contributed by atoms with Crippen molar-refractivity contribution in [2.45, 2.75) is 33.1 Å². The molecule has 2 aromatic carbocycles. The number of carbonyl (C=O) groups excluding carboxylic acids is 3. The number of hydrogen-bond donors (Lipinski definition) is 1. The van der Waals surface area contributed by atoms with Crippen LogP contribution >= 0.6 is 24.0 Å². The predicted octanol–water partition coefficient (Wildman–Crippen LogP) is 4.74. The summed E-state index contributed by atoms with van der Waals surface area (Å²) in [6.07, 6.45) is 2.91. The number of fused-ring (bicyclic) bond motifs is 1. The first-order valence-electron chi connectivity index (χ1n) is 11.0. The van der Waals surface area contributed by atoms with Gasteiger partial charge in [-0.25, -0.2) is 0 Å². The van der Waals surface area contributed by atoms with Crippen molar-refractivity contribution in [2.75, 3.05) is 23.3 Å². The first-order valence-corrected chi connectivity index (χ1v) is 12.2. The van der Waals surface area contributed by atoms with Gasteiger partial charge in [-0.2, -0.15) is 0 Å². The van der Waals surface area contributed by atoms with E-state index in [4.69, 9.17) is 12.2 Å². The van der Waals surface area contributed by atoms with Gasteiger partial charge in [0.2, 0.25) is 5.91 Å². The molecule has 6 nitrogen and oxygen atoms in total. The molecule has 33 heavy (non-hydrogen) atoms. The molecular formula is C25H25N3O3S2. The minimum Gasteiger partial charge on any atom is -0.325 e. The summed E-state index contributed by atoms with van der Waals surface area (Å²) in [5.41, 5.74) is 3.35. The summed E-state index contributed by atoms with van der Waals surface area (Å²) in [5, 5.41) is 2.83. The third-order valence-electron chi connectivity index (χ3n) is 5.62.